The molecule has 0 bridgehead atoms. The molecule has 4 N–H and O–H groups in total. The Kier molecular flexibility index (Phi) is 5.09. The van der Waals surface area contributed by atoms with Gasteiger partial charge in [0.2, 0.25) is 0 Å². The Morgan fingerprint density at radius 1 is 1.24 bits per heavy atom. The summed E-state index contributed by atoms with van der Waals surface area (Å²) in [6, 6.07) is 10.5. The molecule has 110 valence electrons. The number of amides is 1. The Morgan fingerprint density at radius 3 is 2.71 bits per heavy atom. The maximum Gasteiger partial charge on any atom is 0.251 e. The van der Waals surface area contributed by atoms with E-state index in [2.05, 4.69) is 26.6 Å². The molecular weight excluding hydrogens is 354 g/mol. The van der Waals surface area contributed by atoms with E-state index in [1.807, 2.05) is 13.0 Å². The van der Waals surface area contributed by atoms with Crippen molar-refractivity contribution in [3.05, 3.63) is 51.5 Å². The molecule has 0 aliphatic heterocycles. The van der Waals surface area contributed by atoms with E-state index in [4.69, 9.17) is 17.3 Å². The number of nitrogen functional groups attached to an aromatic ring is 1. The lowest BCUT2D eigenvalue weighted by molar-refractivity contribution is 0.0956. The predicted molar refractivity (Wildman–Crippen MR) is 91.3 cm³/mol. The van der Waals surface area contributed by atoms with Gasteiger partial charge in [0.1, 0.15) is 0 Å². The molecule has 2 rings (SSSR count). The van der Waals surface area contributed by atoms with E-state index in [0.29, 0.717) is 28.5 Å². The summed E-state index contributed by atoms with van der Waals surface area (Å²) in [5, 5.41) is 6.55. The van der Waals surface area contributed by atoms with Crippen LogP contribution in [0, 0.1) is 0 Å². The fraction of sp³-hybridized carbons (Fsp3) is 0.133. The first-order valence-electron chi connectivity index (χ1n) is 6.41. The van der Waals surface area contributed by atoms with Gasteiger partial charge in [-0.1, -0.05) is 11.6 Å². The number of carbonyl (C=O) groups is 1. The van der Waals surface area contributed by atoms with Crippen molar-refractivity contribution >= 4 is 50.5 Å². The molecular formula is C15H15BrClN3O. The summed E-state index contributed by atoms with van der Waals surface area (Å²) >= 11 is 9.43. The fourth-order valence-corrected chi connectivity index (χ4v) is 2.32. The van der Waals surface area contributed by atoms with Crippen LogP contribution in [0.3, 0.4) is 0 Å². The van der Waals surface area contributed by atoms with Gasteiger partial charge in [0.15, 0.2) is 0 Å². The van der Waals surface area contributed by atoms with Crippen molar-refractivity contribution in [3.8, 4) is 0 Å². The van der Waals surface area contributed by atoms with Gasteiger partial charge in [-0.25, -0.2) is 0 Å². The molecule has 0 aliphatic rings. The molecule has 0 aliphatic carbocycles. The summed E-state index contributed by atoms with van der Waals surface area (Å²) < 4.78 is 0.856. The SMILES string of the molecule is CCNC(=O)c1ccc(N)c(Nc2cc(Cl)ccc2Br)c1. The average molecular weight is 369 g/mol. The number of halogens is 2. The Bertz CT molecular complexity index is 676. The molecule has 4 nitrogen and oxygen atoms in total. The summed E-state index contributed by atoms with van der Waals surface area (Å²) in [7, 11) is 0. The Hall–Kier alpha value is -1.72. The Morgan fingerprint density at radius 2 is 2.00 bits per heavy atom. The Labute approximate surface area is 136 Å². The van der Waals surface area contributed by atoms with Gasteiger partial charge in [0, 0.05) is 21.6 Å². The van der Waals surface area contributed by atoms with Crippen LogP contribution in [0.5, 0.6) is 0 Å². The quantitative estimate of drug-likeness (QED) is 0.709. The van der Waals surface area contributed by atoms with Gasteiger partial charge in [-0.15, -0.1) is 0 Å². The van der Waals surface area contributed by atoms with E-state index >= 15 is 0 Å². The van der Waals surface area contributed by atoms with Gasteiger partial charge in [0.05, 0.1) is 17.1 Å². The molecule has 0 saturated heterocycles. The monoisotopic (exact) mass is 367 g/mol. The lowest BCUT2D eigenvalue weighted by Crippen LogP contribution is -2.22. The number of carbonyl (C=O) groups excluding carboxylic acids is 1. The zero-order chi connectivity index (χ0) is 15.4. The summed E-state index contributed by atoms with van der Waals surface area (Å²) in [6.45, 7) is 2.45. The van der Waals surface area contributed by atoms with Crippen molar-refractivity contribution in [3.63, 3.8) is 0 Å². The summed E-state index contributed by atoms with van der Waals surface area (Å²) in [4.78, 5) is 11.9. The fourth-order valence-electron chi connectivity index (χ4n) is 1.81. The van der Waals surface area contributed by atoms with Crippen LogP contribution in [0.2, 0.25) is 5.02 Å². The third-order valence-electron chi connectivity index (χ3n) is 2.85. The number of benzene rings is 2. The van der Waals surface area contributed by atoms with E-state index in [1.165, 1.54) is 0 Å². The zero-order valence-corrected chi connectivity index (χ0v) is 13.8. The van der Waals surface area contributed by atoms with Gasteiger partial charge in [-0.05, 0) is 59.3 Å². The highest BCUT2D eigenvalue weighted by Gasteiger charge is 2.09. The summed E-state index contributed by atoms with van der Waals surface area (Å²) in [6.07, 6.45) is 0. The molecule has 0 radical (unpaired) electrons. The largest absolute Gasteiger partial charge is 0.397 e. The van der Waals surface area contributed by atoms with E-state index in [1.54, 1.807) is 30.3 Å². The first-order chi connectivity index (χ1) is 10.0. The molecule has 0 fully saturated rings. The van der Waals surface area contributed by atoms with Crippen LogP contribution in [0.15, 0.2) is 40.9 Å². The second-order valence-corrected chi connectivity index (χ2v) is 5.70. The minimum atomic E-state index is -0.134. The van der Waals surface area contributed by atoms with Crippen LogP contribution in [0.25, 0.3) is 0 Å². The van der Waals surface area contributed by atoms with E-state index in [9.17, 15) is 4.79 Å². The lowest BCUT2D eigenvalue weighted by atomic mass is 10.1. The first kappa shape index (κ1) is 15.7. The highest BCUT2D eigenvalue weighted by molar-refractivity contribution is 9.10. The maximum atomic E-state index is 11.9. The summed E-state index contributed by atoms with van der Waals surface area (Å²) in [5.74, 6) is -0.134. The van der Waals surface area contributed by atoms with Crippen LogP contribution in [-0.2, 0) is 0 Å². The minimum Gasteiger partial charge on any atom is -0.397 e. The molecule has 1 amide bonds. The molecule has 2 aromatic carbocycles. The smallest absolute Gasteiger partial charge is 0.251 e. The molecule has 0 unspecified atom stereocenters. The number of rotatable bonds is 4. The molecule has 21 heavy (non-hydrogen) atoms. The average Bonchev–Trinajstić information content (AvgIpc) is 2.45. The van der Waals surface area contributed by atoms with Gasteiger partial charge < -0.3 is 16.4 Å². The number of nitrogens with two attached hydrogens (primary N) is 1. The normalized spacial score (nSPS) is 10.2. The molecule has 0 heterocycles. The van der Waals surface area contributed by atoms with Crippen molar-refractivity contribution in [2.45, 2.75) is 6.92 Å². The van der Waals surface area contributed by atoms with Gasteiger partial charge in [0.25, 0.3) is 5.91 Å². The molecule has 0 saturated carbocycles. The highest BCUT2D eigenvalue weighted by Crippen LogP contribution is 2.31. The minimum absolute atomic E-state index is 0.134. The van der Waals surface area contributed by atoms with Crippen molar-refractivity contribution in [2.75, 3.05) is 17.6 Å². The molecule has 0 spiro atoms. The van der Waals surface area contributed by atoms with Crippen LogP contribution in [-0.4, -0.2) is 12.5 Å². The van der Waals surface area contributed by atoms with E-state index in [0.717, 1.165) is 10.2 Å². The maximum absolute atomic E-state index is 11.9. The number of hydrogen-bond acceptors (Lipinski definition) is 3. The molecule has 0 atom stereocenters. The van der Waals surface area contributed by atoms with Crippen molar-refractivity contribution < 1.29 is 4.79 Å². The van der Waals surface area contributed by atoms with Crippen LogP contribution >= 0.6 is 27.5 Å². The second-order valence-electron chi connectivity index (χ2n) is 4.41. The van der Waals surface area contributed by atoms with Crippen LogP contribution in [0.4, 0.5) is 17.1 Å². The van der Waals surface area contributed by atoms with E-state index < -0.39 is 0 Å². The van der Waals surface area contributed by atoms with Crippen molar-refractivity contribution in [2.24, 2.45) is 0 Å². The van der Waals surface area contributed by atoms with E-state index in [-0.39, 0.29) is 5.91 Å². The topological polar surface area (TPSA) is 67.2 Å². The molecule has 0 aromatic heterocycles. The van der Waals surface area contributed by atoms with Gasteiger partial charge in [-0.3, -0.25) is 4.79 Å². The predicted octanol–water partition coefficient (Wildman–Crippen LogP) is 4.18. The third kappa shape index (κ3) is 3.89. The molecule has 6 heteroatoms. The standard InChI is InChI=1S/C15H15BrClN3O/c1-2-19-15(21)9-3-6-12(18)14(7-9)20-13-8-10(17)4-5-11(13)16/h3-8,20H,2,18H2,1H3,(H,19,21). The first-order valence-corrected chi connectivity index (χ1v) is 7.58. The number of nitrogens with one attached hydrogen (secondary N) is 2. The van der Waals surface area contributed by atoms with Crippen molar-refractivity contribution in [1.29, 1.82) is 0 Å². The van der Waals surface area contributed by atoms with Gasteiger partial charge >= 0.3 is 0 Å². The second kappa shape index (κ2) is 6.83. The Balaban J connectivity index is 2.33. The molecule has 2 aromatic rings. The summed E-state index contributed by atoms with van der Waals surface area (Å²) in [5.41, 5.74) is 8.49. The lowest BCUT2D eigenvalue weighted by Gasteiger charge is -2.13. The van der Waals surface area contributed by atoms with Gasteiger partial charge in [-0.2, -0.15) is 0 Å². The highest BCUT2D eigenvalue weighted by atomic mass is 79.9. The zero-order valence-electron chi connectivity index (χ0n) is 11.4. The number of hydrogen-bond donors (Lipinski definition) is 3. The van der Waals surface area contributed by atoms with Crippen LogP contribution < -0.4 is 16.4 Å². The van der Waals surface area contributed by atoms with Crippen LogP contribution in [0.1, 0.15) is 17.3 Å². The van der Waals surface area contributed by atoms with Crippen molar-refractivity contribution in [1.82, 2.24) is 5.32 Å². The number of anilines is 3. The third-order valence-corrected chi connectivity index (χ3v) is 3.78.